The Labute approximate surface area is 219 Å². The molecule has 1 aliphatic carbocycles. The molecule has 0 fully saturated rings. The molecule has 1 amide bonds. The molecule has 1 heterocycles. The van der Waals surface area contributed by atoms with E-state index in [0.29, 0.717) is 12.8 Å². The van der Waals surface area contributed by atoms with Crippen LogP contribution in [0.1, 0.15) is 56.7 Å². The van der Waals surface area contributed by atoms with E-state index in [-0.39, 0.29) is 17.6 Å². The molecule has 3 aromatic rings. The molecule has 0 spiro atoms. The zero-order chi connectivity index (χ0) is 25.9. The Balaban J connectivity index is 1.67. The number of benzene rings is 3. The first kappa shape index (κ1) is 24.8. The van der Waals surface area contributed by atoms with Crippen LogP contribution in [0.25, 0.3) is 0 Å². The number of nitrogens with one attached hydrogen (secondary N) is 1. The van der Waals surface area contributed by atoms with Gasteiger partial charge in [-0.15, -0.1) is 0 Å². The highest BCUT2D eigenvalue weighted by molar-refractivity contribution is 6.01. The van der Waals surface area contributed by atoms with Crippen LogP contribution in [0.3, 0.4) is 0 Å². The summed E-state index contributed by atoms with van der Waals surface area (Å²) in [7, 11) is 0. The predicted octanol–water partition coefficient (Wildman–Crippen LogP) is 6.70. The average Bonchev–Trinajstić information content (AvgIpc) is 3.09. The Kier molecular flexibility index (Phi) is 7.13. The summed E-state index contributed by atoms with van der Waals surface area (Å²) >= 11 is 0. The lowest BCUT2D eigenvalue weighted by atomic mass is 9.76. The Morgan fingerprint density at radius 2 is 1.57 bits per heavy atom. The molecular formula is C32H35N3O2. The van der Waals surface area contributed by atoms with E-state index in [9.17, 15) is 9.59 Å². The Hall–Kier alpha value is -3.86. The third-order valence-electron chi connectivity index (χ3n) is 7.68. The van der Waals surface area contributed by atoms with Gasteiger partial charge in [0.15, 0.2) is 0 Å². The number of hydrogen-bond acceptors (Lipinski definition) is 4. The van der Waals surface area contributed by atoms with E-state index < -0.39 is 12.0 Å². The lowest BCUT2D eigenvalue weighted by molar-refractivity contribution is -0.123. The van der Waals surface area contributed by atoms with Crippen LogP contribution in [0, 0.1) is 5.92 Å². The van der Waals surface area contributed by atoms with E-state index in [2.05, 4.69) is 66.5 Å². The first-order valence-corrected chi connectivity index (χ1v) is 13.4. The van der Waals surface area contributed by atoms with Gasteiger partial charge in [-0.25, -0.2) is 0 Å². The summed E-state index contributed by atoms with van der Waals surface area (Å²) in [5.41, 5.74) is 5.78. The molecule has 5 heteroatoms. The molecule has 0 saturated carbocycles. The number of rotatable bonds is 6. The topological polar surface area (TPSA) is 52.7 Å². The molecule has 37 heavy (non-hydrogen) atoms. The van der Waals surface area contributed by atoms with Crippen LogP contribution in [0.5, 0.6) is 0 Å². The van der Waals surface area contributed by atoms with Crippen LogP contribution in [0.2, 0.25) is 0 Å². The molecule has 3 aromatic carbocycles. The predicted molar refractivity (Wildman–Crippen MR) is 151 cm³/mol. The van der Waals surface area contributed by atoms with Gasteiger partial charge in [-0.3, -0.25) is 9.59 Å². The molecule has 0 radical (unpaired) electrons. The van der Waals surface area contributed by atoms with Crippen molar-refractivity contribution in [3.05, 3.63) is 102 Å². The normalized spacial score (nSPS) is 20.7. The molecule has 5 nitrogen and oxygen atoms in total. The largest absolute Gasteiger partial charge is 0.372 e. The van der Waals surface area contributed by atoms with Crippen molar-refractivity contribution in [2.24, 2.45) is 5.92 Å². The first-order chi connectivity index (χ1) is 18.0. The summed E-state index contributed by atoms with van der Waals surface area (Å²) in [5, 5.41) is 3.59. The van der Waals surface area contributed by atoms with Gasteiger partial charge in [0.05, 0.1) is 23.3 Å². The van der Waals surface area contributed by atoms with Gasteiger partial charge in [-0.05, 0) is 49.2 Å². The smallest absolute Gasteiger partial charge is 0.227 e. The number of nitrogens with zero attached hydrogens (tertiary/aromatic N) is 2. The number of carbonyl (C=O) groups is 2. The molecule has 1 N–H and O–H groups in total. The highest BCUT2D eigenvalue weighted by Gasteiger charge is 2.44. The monoisotopic (exact) mass is 493 g/mol. The summed E-state index contributed by atoms with van der Waals surface area (Å²) in [6, 6.07) is 26.1. The fourth-order valence-electron chi connectivity index (χ4n) is 5.79. The highest BCUT2D eigenvalue weighted by atomic mass is 16.2. The number of Topliss-reactive ketones (excluding diaryl/α,β-unsaturated/α-hetero) is 1. The molecule has 0 aromatic heterocycles. The summed E-state index contributed by atoms with van der Waals surface area (Å²) in [6.07, 6.45) is 2.97. The minimum atomic E-state index is -0.470. The standard InChI is InChI=1S/C32H35N3O2/c1-4-30(37)35-28-15-11-10-14-26(28)33-27-20-24(22-12-8-7-9-13-22)21-29(36)31(27)32(35)23-16-18-25(19-17-23)34(5-2)6-3/h7-20,24,31-33H,4-6,21H2,1-3H3/t24-,31+,32-/m1/s1. The van der Waals surface area contributed by atoms with E-state index in [1.807, 2.05) is 54.3 Å². The van der Waals surface area contributed by atoms with Crippen LogP contribution >= 0.6 is 0 Å². The van der Waals surface area contributed by atoms with Crippen molar-refractivity contribution in [1.29, 1.82) is 0 Å². The lowest BCUT2D eigenvalue weighted by Gasteiger charge is -2.37. The third kappa shape index (κ3) is 4.66. The van der Waals surface area contributed by atoms with Crippen LogP contribution < -0.4 is 15.1 Å². The van der Waals surface area contributed by atoms with E-state index in [4.69, 9.17) is 0 Å². The maximum atomic E-state index is 14.0. The van der Waals surface area contributed by atoms with Gasteiger partial charge in [0, 0.05) is 43.2 Å². The number of fused-ring (bicyclic) bond motifs is 2. The number of allylic oxidation sites excluding steroid dienone is 1. The minimum Gasteiger partial charge on any atom is -0.372 e. The molecule has 0 saturated heterocycles. The van der Waals surface area contributed by atoms with Crippen molar-refractivity contribution < 1.29 is 9.59 Å². The second kappa shape index (κ2) is 10.6. The molecule has 5 rings (SSSR count). The van der Waals surface area contributed by atoms with Gasteiger partial charge >= 0.3 is 0 Å². The van der Waals surface area contributed by atoms with E-state index in [1.54, 1.807) is 0 Å². The number of para-hydroxylation sites is 2. The van der Waals surface area contributed by atoms with Gasteiger partial charge in [0.2, 0.25) is 5.91 Å². The second-order valence-electron chi connectivity index (χ2n) is 9.76. The fraction of sp³-hybridized carbons (Fsp3) is 0.312. The number of anilines is 3. The van der Waals surface area contributed by atoms with Gasteiger partial charge in [-0.2, -0.15) is 0 Å². The molecule has 1 aliphatic heterocycles. The lowest BCUT2D eigenvalue weighted by Crippen LogP contribution is -2.42. The van der Waals surface area contributed by atoms with Gasteiger partial charge in [0.25, 0.3) is 0 Å². The SMILES string of the molecule is CCC(=O)N1c2ccccc2NC2=C[C@@H](c3ccccc3)CC(=O)[C@H]2[C@H]1c1ccc(N(CC)CC)cc1. The second-order valence-corrected chi connectivity index (χ2v) is 9.76. The van der Waals surface area contributed by atoms with Crippen LogP contribution in [-0.4, -0.2) is 24.8 Å². The van der Waals surface area contributed by atoms with E-state index >= 15 is 0 Å². The third-order valence-corrected chi connectivity index (χ3v) is 7.68. The van der Waals surface area contributed by atoms with Crippen molar-refractivity contribution in [2.75, 3.05) is 28.2 Å². The minimum absolute atomic E-state index is 0.00117. The zero-order valence-corrected chi connectivity index (χ0v) is 21.9. The molecule has 190 valence electrons. The molecule has 2 aliphatic rings. The van der Waals surface area contributed by atoms with E-state index in [0.717, 1.165) is 47.0 Å². The molecule has 3 atom stereocenters. The van der Waals surface area contributed by atoms with Crippen molar-refractivity contribution >= 4 is 28.8 Å². The van der Waals surface area contributed by atoms with Gasteiger partial charge < -0.3 is 15.1 Å². The zero-order valence-electron chi connectivity index (χ0n) is 21.9. The van der Waals surface area contributed by atoms with Crippen molar-refractivity contribution in [3.8, 4) is 0 Å². The maximum absolute atomic E-state index is 14.0. The quantitative estimate of drug-likeness (QED) is 0.415. The van der Waals surface area contributed by atoms with Crippen LogP contribution in [-0.2, 0) is 9.59 Å². The summed E-state index contributed by atoms with van der Waals surface area (Å²) in [6.45, 7) is 8.02. The summed E-state index contributed by atoms with van der Waals surface area (Å²) in [5.74, 6) is -0.314. The van der Waals surface area contributed by atoms with Crippen molar-refractivity contribution in [3.63, 3.8) is 0 Å². The number of carbonyl (C=O) groups excluding carboxylic acids is 2. The first-order valence-electron chi connectivity index (χ1n) is 13.4. The number of amides is 1. The summed E-state index contributed by atoms with van der Waals surface area (Å²) in [4.78, 5) is 31.7. The van der Waals surface area contributed by atoms with E-state index in [1.165, 1.54) is 0 Å². The maximum Gasteiger partial charge on any atom is 0.227 e. The number of ketones is 1. The molecule has 0 unspecified atom stereocenters. The van der Waals surface area contributed by atoms with Gasteiger partial charge in [-0.1, -0.05) is 67.6 Å². The van der Waals surface area contributed by atoms with Gasteiger partial charge in [0.1, 0.15) is 5.78 Å². The Bertz CT molecular complexity index is 1300. The Morgan fingerprint density at radius 1 is 0.892 bits per heavy atom. The Morgan fingerprint density at radius 3 is 2.24 bits per heavy atom. The fourth-order valence-corrected chi connectivity index (χ4v) is 5.79. The van der Waals surface area contributed by atoms with Crippen molar-refractivity contribution in [2.45, 2.75) is 45.6 Å². The molecular weight excluding hydrogens is 458 g/mol. The van der Waals surface area contributed by atoms with Crippen LogP contribution in [0.15, 0.2) is 90.6 Å². The van der Waals surface area contributed by atoms with Crippen molar-refractivity contribution in [1.82, 2.24) is 0 Å². The number of hydrogen-bond donors (Lipinski definition) is 1. The average molecular weight is 494 g/mol. The summed E-state index contributed by atoms with van der Waals surface area (Å²) < 4.78 is 0. The van der Waals surface area contributed by atoms with Crippen LogP contribution in [0.4, 0.5) is 17.1 Å². The molecule has 0 bridgehead atoms. The highest BCUT2D eigenvalue weighted by Crippen LogP contribution is 2.48.